The number of hydrogen-bond acceptors (Lipinski definition) is 4. The Kier molecular flexibility index (Phi) is 8.02. The highest BCUT2D eigenvalue weighted by atomic mass is 32.2. The molecular weight excluding hydrogens is 353 g/mol. The van der Waals surface area contributed by atoms with Gasteiger partial charge in [0.25, 0.3) is 5.91 Å². The predicted molar refractivity (Wildman–Crippen MR) is 104 cm³/mol. The molecule has 0 saturated carbocycles. The number of amides is 1. The number of carbonyl (C=O) groups excluding carboxylic acids is 1. The number of nitrogens with one attached hydrogen (secondary N) is 1. The first-order valence-corrected chi connectivity index (χ1v) is 9.32. The number of ether oxygens (including phenoxy) is 2. The van der Waals surface area contributed by atoms with E-state index in [4.69, 9.17) is 9.47 Å². The number of thioether (sulfide) groups is 1. The Hall–Kier alpha value is -2.47. The molecule has 0 fully saturated rings. The maximum Gasteiger partial charge on any atom is 0.251 e. The molecule has 0 atom stereocenters. The molecular formula is C20H22FNO3S. The van der Waals surface area contributed by atoms with E-state index in [1.165, 1.54) is 13.2 Å². The number of halogens is 1. The van der Waals surface area contributed by atoms with Crippen molar-refractivity contribution >= 4 is 17.7 Å². The van der Waals surface area contributed by atoms with Crippen LogP contribution in [0.5, 0.6) is 11.5 Å². The molecule has 26 heavy (non-hydrogen) atoms. The first kappa shape index (κ1) is 19.8. The second-order valence-corrected chi connectivity index (χ2v) is 6.47. The molecule has 6 heteroatoms. The lowest BCUT2D eigenvalue weighted by Gasteiger charge is -2.11. The van der Waals surface area contributed by atoms with Gasteiger partial charge in [-0.2, -0.15) is 11.8 Å². The molecule has 2 rings (SSSR count). The molecule has 4 nitrogen and oxygen atoms in total. The van der Waals surface area contributed by atoms with Gasteiger partial charge in [-0.3, -0.25) is 4.79 Å². The summed E-state index contributed by atoms with van der Waals surface area (Å²) in [6, 6.07) is 11.7. The largest absolute Gasteiger partial charge is 0.493 e. The summed E-state index contributed by atoms with van der Waals surface area (Å²) in [6.07, 6.45) is 1.64. The fraction of sp³-hybridized carbons (Fsp3) is 0.250. The summed E-state index contributed by atoms with van der Waals surface area (Å²) < 4.78 is 24.2. The zero-order chi connectivity index (χ0) is 18.8. The Morgan fingerprint density at radius 1 is 1.27 bits per heavy atom. The van der Waals surface area contributed by atoms with Crippen LogP contribution in [0.15, 0.2) is 55.1 Å². The third kappa shape index (κ3) is 5.81. The van der Waals surface area contributed by atoms with Crippen molar-refractivity contribution < 1.29 is 18.7 Å². The van der Waals surface area contributed by atoms with Gasteiger partial charge in [-0.15, -0.1) is 0 Å². The van der Waals surface area contributed by atoms with Gasteiger partial charge >= 0.3 is 0 Å². The van der Waals surface area contributed by atoms with Crippen molar-refractivity contribution in [2.45, 2.75) is 5.75 Å². The summed E-state index contributed by atoms with van der Waals surface area (Å²) in [5, 5.41) is 2.85. The number of benzene rings is 2. The van der Waals surface area contributed by atoms with Crippen molar-refractivity contribution in [3.05, 3.63) is 72.1 Å². The third-order valence-electron chi connectivity index (χ3n) is 3.53. The molecule has 1 amide bonds. The Labute approximate surface area is 157 Å². The van der Waals surface area contributed by atoms with Crippen molar-refractivity contribution in [3.8, 4) is 11.5 Å². The molecule has 0 spiro atoms. The fourth-order valence-electron chi connectivity index (χ4n) is 2.21. The van der Waals surface area contributed by atoms with Crippen LogP contribution < -0.4 is 14.8 Å². The number of rotatable bonds is 10. The lowest BCUT2D eigenvalue weighted by molar-refractivity contribution is 0.0955. The van der Waals surface area contributed by atoms with Gasteiger partial charge in [0.15, 0.2) is 11.5 Å². The van der Waals surface area contributed by atoms with Gasteiger partial charge in [0.2, 0.25) is 0 Å². The molecule has 0 unspecified atom stereocenters. The van der Waals surface area contributed by atoms with Crippen LogP contribution in [0.3, 0.4) is 0 Å². The summed E-state index contributed by atoms with van der Waals surface area (Å²) in [7, 11) is 1.52. The number of hydrogen-bond donors (Lipinski definition) is 1. The monoisotopic (exact) mass is 375 g/mol. The van der Waals surface area contributed by atoms with E-state index in [0.717, 1.165) is 0 Å². The Bertz CT molecular complexity index is 752. The highest BCUT2D eigenvalue weighted by Crippen LogP contribution is 2.28. The molecule has 0 aromatic heterocycles. The lowest BCUT2D eigenvalue weighted by Crippen LogP contribution is -2.25. The summed E-state index contributed by atoms with van der Waals surface area (Å²) >= 11 is 1.57. The van der Waals surface area contributed by atoms with Crippen molar-refractivity contribution in [1.82, 2.24) is 5.32 Å². The highest BCUT2D eigenvalue weighted by Gasteiger charge is 2.11. The summed E-state index contributed by atoms with van der Waals surface area (Å²) in [6.45, 7) is 4.45. The molecule has 0 saturated heterocycles. The maximum atomic E-state index is 13.5. The first-order valence-electron chi connectivity index (χ1n) is 8.16. The number of methoxy groups -OCH3 is 1. The van der Waals surface area contributed by atoms with Crippen LogP contribution in [-0.4, -0.2) is 31.9 Å². The van der Waals surface area contributed by atoms with Gasteiger partial charge in [0.05, 0.1) is 7.11 Å². The Balaban J connectivity index is 1.80. The minimum absolute atomic E-state index is 0.190. The van der Waals surface area contributed by atoms with Crippen LogP contribution in [0.25, 0.3) is 0 Å². The van der Waals surface area contributed by atoms with E-state index in [2.05, 4.69) is 11.9 Å². The zero-order valence-corrected chi connectivity index (χ0v) is 15.5. The summed E-state index contributed by atoms with van der Waals surface area (Å²) in [5.41, 5.74) is 1.16. The van der Waals surface area contributed by atoms with Crippen LogP contribution >= 0.6 is 11.8 Å². The summed E-state index contributed by atoms with van der Waals surface area (Å²) in [4.78, 5) is 12.2. The SMILES string of the molecule is C=CCOc1ccc(C(=O)NCCSCc2ccccc2F)cc1OC. The molecule has 2 aromatic carbocycles. The van der Waals surface area contributed by atoms with Crippen LogP contribution in [0.4, 0.5) is 4.39 Å². The predicted octanol–water partition coefficient (Wildman–Crippen LogP) is 4.06. The first-order chi connectivity index (χ1) is 12.7. The van der Waals surface area contributed by atoms with E-state index in [1.807, 2.05) is 6.07 Å². The molecule has 2 aromatic rings. The minimum atomic E-state index is -0.199. The van der Waals surface area contributed by atoms with E-state index in [1.54, 1.807) is 48.2 Å². The van der Waals surface area contributed by atoms with Gasteiger partial charge < -0.3 is 14.8 Å². The molecule has 0 aliphatic rings. The maximum absolute atomic E-state index is 13.5. The van der Waals surface area contributed by atoms with E-state index in [9.17, 15) is 9.18 Å². The Morgan fingerprint density at radius 3 is 2.81 bits per heavy atom. The minimum Gasteiger partial charge on any atom is -0.493 e. The molecule has 138 valence electrons. The van der Waals surface area contributed by atoms with Gasteiger partial charge in [-0.05, 0) is 29.8 Å². The van der Waals surface area contributed by atoms with Crippen molar-refractivity contribution in [2.24, 2.45) is 0 Å². The second kappa shape index (κ2) is 10.5. The topological polar surface area (TPSA) is 47.6 Å². The normalized spacial score (nSPS) is 10.2. The molecule has 0 aliphatic carbocycles. The number of carbonyl (C=O) groups is 1. The van der Waals surface area contributed by atoms with E-state index in [0.29, 0.717) is 47.3 Å². The van der Waals surface area contributed by atoms with E-state index in [-0.39, 0.29) is 11.7 Å². The third-order valence-corrected chi connectivity index (χ3v) is 4.54. The second-order valence-electron chi connectivity index (χ2n) is 5.37. The van der Waals surface area contributed by atoms with Gasteiger partial charge in [-0.25, -0.2) is 4.39 Å². The van der Waals surface area contributed by atoms with Crippen LogP contribution in [0.2, 0.25) is 0 Å². The highest BCUT2D eigenvalue weighted by molar-refractivity contribution is 7.98. The molecule has 0 aliphatic heterocycles. The van der Waals surface area contributed by atoms with Gasteiger partial charge in [0.1, 0.15) is 12.4 Å². The quantitative estimate of drug-likeness (QED) is 0.502. The van der Waals surface area contributed by atoms with Crippen molar-refractivity contribution in [3.63, 3.8) is 0 Å². The zero-order valence-electron chi connectivity index (χ0n) is 14.7. The molecule has 0 radical (unpaired) electrons. The average Bonchev–Trinajstić information content (AvgIpc) is 2.67. The van der Waals surface area contributed by atoms with Gasteiger partial charge in [0, 0.05) is 23.6 Å². The lowest BCUT2D eigenvalue weighted by atomic mass is 10.2. The molecule has 1 N–H and O–H groups in total. The fourth-order valence-corrected chi connectivity index (χ4v) is 3.06. The van der Waals surface area contributed by atoms with Gasteiger partial charge in [-0.1, -0.05) is 30.9 Å². The molecule has 0 bridgehead atoms. The van der Waals surface area contributed by atoms with E-state index >= 15 is 0 Å². The standard InChI is InChI=1S/C20H22FNO3S/c1-3-11-25-18-9-8-15(13-19(18)24-2)20(23)22-10-12-26-14-16-6-4-5-7-17(16)21/h3-9,13H,1,10-12,14H2,2H3,(H,22,23). The molecule has 0 heterocycles. The smallest absolute Gasteiger partial charge is 0.251 e. The summed E-state index contributed by atoms with van der Waals surface area (Å²) in [5.74, 6) is 1.93. The van der Waals surface area contributed by atoms with Crippen LogP contribution in [0, 0.1) is 5.82 Å². The van der Waals surface area contributed by atoms with Crippen LogP contribution in [-0.2, 0) is 5.75 Å². The van der Waals surface area contributed by atoms with Crippen LogP contribution in [0.1, 0.15) is 15.9 Å². The van der Waals surface area contributed by atoms with Crippen molar-refractivity contribution in [1.29, 1.82) is 0 Å². The average molecular weight is 375 g/mol. The van der Waals surface area contributed by atoms with Crippen molar-refractivity contribution in [2.75, 3.05) is 26.0 Å². The Morgan fingerprint density at radius 2 is 2.08 bits per heavy atom. The van der Waals surface area contributed by atoms with E-state index < -0.39 is 0 Å².